The van der Waals surface area contributed by atoms with Crippen molar-refractivity contribution in [2.45, 2.75) is 20.0 Å². The van der Waals surface area contributed by atoms with Crippen molar-refractivity contribution in [2.75, 3.05) is 5.32 Å². The van der Waals surface area contributed by atoms with Gasteiger partial charge in [0.15, 0.2) is 0 Å². The van der Waals surface area contributed by atoms with Gasteiger partial charge in [0.1, 0.15) is 5.01 Å². The molecule has 0 atom stereocenters. The summed E-state index contributed by atoms with van der Waals surface area (Å²) in [5, 5.41) is 14.8. The van der Waals surface area contributed by atoms with E-state index in [2.05, 4.69) is 15.3 Å². The van der Waals surface area contributed by atoms with Crippen LogP contribution in [0.4, 0.5) is 5.69 Å². The Bertz CT molecular complexity index is 843. The fraction of sp³-hybridized carbons (Fsp3) is 0.167. The molecule has 6 heteroatoms. The van der Waals surface area contributed by atoms with Crippen molar-refractivity contribution in [1.29, 1.82) is 0 Å². The smallest absolute Gasteiger partial charge is 0.230 e. The topological polar surface area (TPSA) is 75.1 Å². The van der Waals surface area contributed by atoms with E-state index >= 15 is 0 Å². The molecular weight excluding hydrogens is 322 g/mol. The number of carbonyl (C=O) groups excluding carboxylic acids is 1. The van der Waals surface area contributed by atoms with E-state index < -0.39 is 0 Å². The van der Waals surface area contributed by atoms with E-state index in [0.717, 1.165) is 16.3 Å². The van der Waals surface area contributed by atoms with Gasteiger partial charge >= 0.3 is 0 Å². The summed E-state index contributed by atoms with van der Waals surface area (Å²) in [6.07, 6.45) is 3.29. The molecule has 0 fully saturated rings. The lowest BCUT2D eigenvalue weighted by Crippen LogP contribution is -2.16. The summed E-state index contributed by atoms with van der Waals surface area (Å²) in [6, 6.07) is 9.82. The number of nitrogens with one attached hydrogen (secondary N) is 1. The van der Waals surface area contributed by atoms with Crippen LogP contribution in [0.3, 0.4) is 0 Å². The monoisotopic (exact) mass is 339 g/mol. The molecule has 0 unspecified atom stereocenters. The molecule has 0 spiro atoms. The normalized spacial score (nSPS) is 10.6. The number of benzene rings is 1. The Hall–Kier alpha value is -2.57. The van der Waals surface area contributed by atoms with Crippen LogP contribution in [0.2, 0.25) is 0 Å². The first-order valence-electron chi connectivity index (χ1n) is 7.51. The van der Waals surface area contributed by atoms with Crippen LogP contribution >= 0.6 is 11.3 Å². The van der Waals surface area contributed by atoms with E-state index in [1.165, 1.54) is 23.1 Å². The maximum absolute atomic E-state index is 12.2. The Kier molecular flexibility index (Phi) is 4.98. The van der Waals surface area contributed by atoms with Crippen LogP contribution in [0, 0.1) is 6.92 Å². The predicted octanol–water partition coefficient (Wildman–Crippen LogP) is 3.19. The van der Waals surface area contributed by atoms with Crippen molar-refractivity contribution < 1.29 is 9.90 Å². The summed E-state index contributed by atoms with van der Waals surface area (Å²) in [5.41, 5.74) is 4.14. The molecule has 3 rings (SSSR count). The number of aliphatic hydroxyl groups excluding tert-OH is 1. The van der Waals surface area contributed by atoms with E-state index in [1.54, 1.807) is 12.3 Å². The van der Waals surface area contributed by atoms with Gasteiger partial charge in [-0.3, -0.25) is 9.78 Å². The molecular formula is C18H17N3O2S. The van der Waals surface area contributed by atoms with Gasteiger partial charge in [0.2, 0.25) is 5.91 Å². The van der Waals surface area contributed by atoms with Crippen LogP contribution in [0.15, 0.2) is 48.1 Å². The van der Waals surface area contributed by atoms with Crippen LogP contribution in [0.25, 0.3) is 10.6 Å². The largest absolute Gasteiger partial charge is 0.392 e. The Labute approximate surface area is 144 Å². The number of rotatable bonds is 5. The zero-order valence-corrected chi connectivity index (χ0v) is 14.0. The number of anilines is 1. The van der Waals surface area contributed by atoms with Gasteiger partial charge in [0, 0.05) is 22.7 Å². The van der Waals surface area contributed by atoms with Crippen LogP contribution in [-0.2, 0) is 17.8 Å². The van der Waals surface area contributed by atoms with E-state index in [0.29, 0.717) is 11.3 Å². The number of pyridine rings is 1. The second-order valence-electron chi connectivity index (χ2n) is 5.43. The minimum atomic E-state index is -0.182. The minimum absolute atomic E-state index is 0.146. The molecule has 0 aliphatic rings. The van der Waals surface area contributed by atoms with E-state index in [1.807, 2.05) is 36.6 Å². The summed E-state index contributed by atoms with van der Waals surface area (Å²) in [4.78, 5) is 20.7. The first kappa shape index (κ1) is 16.3. The zero-order valence-electron chi connectivity index (χ0n) is 13.2. The summed E-state index contributed by atoms with van der Waals surface area (Å²) >= 11 is 1.52. The number of hydrogen-bond donors (Lipinski definition) is 2. The van der Waals surface area contributed by atoms with E-state index in [9.17, 15) is 9.90 Å². The lowest BCUT2D eigenvalue weighted by atomic mass is 10.2. The van der Waals surface area contributed by atoms with E-state index in [-0.39, 0.29) is 18.9 Å². The van der Waals surface area contributed by atoms with E-state index in [4.69, 9.17) is 0 Å². The van der Waals surface area contributed by atoms with Crippen LogP contribution < -0.4 is 5.32 Å². The lowest BCUT2D eigenvalue weighted by Gasteiger charge is -2.07. The first-order chi connectivity index (χ1) is 11.7. The molecule has 122 valence electrons. The molecule has 3 aromatic rings. The molecule has 0 radical (unpaired) electrons. The van der Waals surface area contributed by atoms with Gasteiger partial charge in [0.05, 0.1) is 30.6 Å². The summed E-state index contributed by atoms with van der Waals surface area (Å²) in [7, 11) is 0. The lowest BCUT2D eigenvalue weighted by molar-refractivity contribution is -0.115. The number of carbonyl (C=O) groups is 1. The molecule has 0 aliphatic carbocycles. The SMILES string of the molecule is Cc1ccc(-c2nc(CC(=O)Nc3cnccc3CO)cs2)cc1. The molecule has 0 bridgehead atoms. The minimum Gasteiger partial charge on any atom is -0.392 e. The fourth-order valence-electron chi connectivity index (χ4n) is 2.25. The van der Waals surface area contributed by atoms with Crippen molar-refractivity contribution >= 4 is 22.9 Å². The van der Waals surface area contributed by atoms with Gasteiger partial charge in [-0.25, -0.2) is 4.98 Å². The third-order valence-electron chi connectivity index (χ3n) is 3.55. The van der Waals surface area contributed by atoms with Gasteiger partial charge < -0.3 is 10.4 Å². The number of hydrogen-bond acceptors (Lipinski definition) is 5. The number of nitrogens with zero attached hydrogens (tertiary/aromatic N) is 2. The third kappa shape index (κ3) is 3.84. The van der Waals surface area contributed by atoms with Crippen LogP contribution in [-0.4, -0.2) is 21.0 Å². The highest BCUT2D eigenvalue weighted by atomic mass is 32.1. The van der Waals surface area contributed by atoms with Gasteiger partial charge in [-0.15, -0.1) is 11.3 Å². The summed E-state index contributed by atoms with van der Waals surface area (Å²) in [5.74, 6) is -0.182. The molecule has 2 heterocycles. The predicted molar refractivity (Wildman–Crippen MR) is 94.8 cm³/mol. The maximum atomic E-state index is 12.2. The molecule has 2 N–H and O–H groups in total. The van der Waals surface area contributed by atoms with Gasteiger partial charge in [0.25, 0.3) is 0 Å². The zero-order chi connectivity index (χ0) is 16.9. The average Bonchev–Trinajstić information content (AvgIpc) is 3.04. The highest BCUT2D eigenvalue weighted by Gasteiger charge is 2.11. The van der Waals surface area contributed by atoms with Crippen LogP contribution in [0.1, 0.15) is 16.8 Å². The van der Waals surface area contributed by atoms with Crippen molar-refractivity contribution in [3.8, 4) is 10.6 Å². The first-order valence-corrected chi connectivity index (χ1v) is 8.38. The molecule has 0 aliphatic heterocycles. The number of thiazole rings is 1. The standard InChI is InChI=1S/C18H17N3O2S/c1-12-2-4-13(5-3-12)18-20-15(11-24-18)8-17(23)21-16-9-19-7-6-14(16)10-22/h2-7,9,11,22H,8,10H2,1H3,(H,21,23). The summed E-state index contributed by atoms with van der Waals surface area (Å²) in [6.45, 7) is 1.90. The van der Waals surface area contributed by atoms with Crippen molar-refractivity contribution in [3.05, 3.63) is 64.9 Å². The Morgan fingerprint density at radius 3 is 2.79 bits per heavy atom. The Morgan fingerprint density at radius 2 is 2.04 bits per heavy atom. The number of aryl methyl sites for hydroxylation is 1. The van der Waals surface area contributed by atoms with Crippen molar-refractivity contribution in [2.24, 2.45) is 0 Å². The number of aliphatic hydroxyl groups is 1. The highest BCUT2D eigenvalue weighted by Crippen LogP contribution is 2.24. The summed E-state index contributed by atoms with van der Waals surface area (Å²) < 4.78 is 0. The molecule has 0 saturated carbocycles. The number of amides is 1. The third-order valence-corrected chi connectivity index (χ3v) is 4.49. The van der Waals surface area contributed by atoms with Crippen LogP contribution in [0.5, 0.6) is 0 Å². The Morgan fingerprint density at radius 1 is 1.25 bits per heavy atom. The molecule has 1 aromatic carbocycles. The Balaban J connectivity index is 1.68. The van der Waals surface area contributed by atoms with Gasteiger partial charge in [-0.2, -0.15) is 0 Å². The quantitative estimate of drug-likeness (QED) is 0.748. The molecule has 2 aromatic heterocycles. The van der Waals surface area contributed by atoms with Gasteiger partial charge in [-0.05, 0) is 13.0 Å². The highest BCUT2D eigenvalue weighted by molar-refractivity contribution is 7.13. The molecule has 0 saturated heterocycles. The second-order valence-corrected chi connectivity index (χ2v) is 6.28. The number of aromatic nitrogens is 2. The van der Waals surface area contributed by atoms with Gasteiger partial charge in [-0.1, -0.05) is 29.8 Å². The fourth-order valence-corrected chi connectivity index (χ4v) is 3.08. The molecule has 1 amide bonds. The average molecular weight is 339 g/mol. The molecule has 5 nitrogen and oxygen atoms in total. The maximum Gasteiger partial charge on any atom is 0.230 e. The molecule has 24 heavy (non-hydrogen) atoms. The van der Waals surface area contributed by atoms with Crippen molar-refractivity contribution in [1.82, 2.24) is 9.97 Å². The second kappa shape index (κ2) is 7.33. The van der Waals surface area contributed by atoms with Crippen molar-refractivity contribution in [3.63, 3.8) is 0 Å².